The van der Waals surface area contributed by atoms with Gasteiger partial charge in [-0.05, 0) is 120 Å². The number of rotatable bonds is 8. The number of aromatic nitrogens is 3. The summed E-state index contributed by atoms with van der Waals surface area (Å²) < 4.78 is 2.39. The highest BCUT2D eigenvalue weighted by Crippen LogP contribution is 2.42. The van der Waals surface area contributed by atoms with Crippen molar-refractivity contribution in [2.75, 3.05) is 4.90 Å². The number of amidine groups is 1. The summed E-state index contributed by atoms with van der Waals surface area (Å²) in [6.07, 6.45) is 3.51. The lowest BCUT2D eigenvalue weighted by Crippen LogP contribution is -2.10. The Labute approximate surface area is 313 Å². The molecule has 6 heteroatoms. The molecule has 7 aromatic carbocycles. The largest absolute Gasteiger partial charge is 0.311 e. The molecular formula is C48H34N6. The molecule has 9 aromatic rings. The first-order chi connectivity index (χ1) is 26.7. The van der Waals surface area contributed by atoms with E-state index in [2.05, 4.69) is 165 Å². The predicted octanol–water partition coefficient (Wildman–Crippen LogP) is 12.1. The first-order valence-electron chi connectivity index (χ1n) is 17.8. The van der Waals surface area contributed by atoms with Crippen molar-refractivity contribution in [2.24, 2.45) is 4.99 Å². The van der Waals surface area contributed by atoms with Gasteiger partial charge in [0.25, 0.3) is 0 Å². The van der Waals surface area contributed by atoms with Crippen LogP contribution < -0.4 is 4.90 Å². The molecule has 0 unspecified atom stereocenters. The van der Waals surface area contributed by atoms with E-state index >= 15 is 0 Å². The smallest absolute Gasteiger partial charge is 0.159 e. The Morgan fingerprint density at radius 3 is 1.76 bits per heavy atom. The lowest BCUT2D eigenvalue weighted by atomic mass is 9.95. The first-order valence-corrected chi connectivity index (χ1v) is 17.8. The lowest BCUT2D eigenvalue weighted by molar-refractivity contribution is 1.17. The van der Waals surface area contributed by atoms with Crippen LogP contribution in [-0.4, -0.2) is 27.1 Å². The third-order valence-electron chi connectivity index (χ3n) is 9.83. The summed E-state index contributed by atoms with van der Waals surface area (Å²) in [6, 6.07) is 61.3. The minimum absolute atomic E-state index is 0.140. The Morgan fingerprint density at radius 2 is 1.11 bits per heavy atom. The van der Waals surface area contributed by atoms with E-state index in [-0.39, 0.29) is 5.84 Å². The van der Waals surface area contributed by atoms with Gasteiger partial charge in [-0.1, -0.05) is 78.9 Å². The predicted molar refractivity (Wildman–Crippen MR) is 224 cm³/mol. The molecule has 0 amide bonds. The molecule has 0 aliphatic carbocycles. The number of aliphatic imine (C=N–C) groups is 1. The summed E-state index contributed by atoms with van der Waals surface area (Å²) in [7, 11) is 0. The van der Waals surface area contributed by atoms with E-state index in [1.54, 1.807) is 12.4 Å². The van der Waals surface area contributed by atoms with Gasteiger partial charge in [-0.3, -0.25) is 5.41 Å². The van der Waals surface area contributed by atoms with Crippen LogP contribution in [0.4, 0.5) is 17.1 Å². The Morgan fingerprint density at radius 1 is 0.537 bits per heavy atom. The zero-order valence-electron chi connectivity index (χ0n) is 29.3. The summed E-state index contributed by atoms with van der Waals surface area (Å²) in [5, 5.41) is 10.6. The molecule has 0 saturated carbocycles. The third-order valence-corrected chi connectivity index (χ3v) is 9.83. The van der Waals surface area contributed by atoms with Gasteiger partial charge in [0.05, 0.1) is 11.0 Å². The quantitative estimate of drug-likeness (QED) is 0.127. The second kappa shape index (κ2) is 13.9. The second-order valence-electron chi connectivity index (χ2n) is 13.0. The van der Waals surface area contributed by atoms with E-state index in [9.17, 15) is 0 Å². The van der Waals surface area contributed by atoms with Crippen molar-refractivity contribution < 1.29 is 0 Å². The SMILES string of the molecule is C=NC(=N)c1ccc(N(c2ccc(-c3ncccn3)cc2)c2ccc(-c3cc(-c4ccccc4)cc4c5ccccc5n(-c5ccccc5)c34)cc2)cc1. The molecule has 0 atom stereocenters. The highest BCUT2D eigenvalue weighted by atomic mass is 15.1. The maximum absolute atomic E-state index is 8.17. The summed E-state index contributed by atoms with van der Waals surface area (Å²) in [6.45, 7) is 3.54. The van der Waals surface area contributed by atoms with E-state index in [1.807, 2.05) is 42.5 Å². The molecule has 0 fully saturated rings. The van der Waals surface area contributed by atoms with Gasteiger partial charge in [-0.2, -0.15) is 0 Å². The Hall–Kier alpha value is -7.44. The van der Waals surface area contributed by atoms with E-state index in [1.165, 1.54) is 32.9 Å². The van der Waals surface area contributed by atoms with Gasteiger partial charge in [0, 0.05) is 62.6 Å². The van der Waals surface area contributed by atoms with Crippen molar-refractivity contribution in [1.29, 1.82) is 5.41 Å². The van der Waals surface area contributed by atoms with Gasteiger partial charge in [0.2, 0.25) is 0 Å². The van der Waals surface area contributed by atoms with E-state index < -0.39 is 0 Å². The van der Waals surface area contributed by atoms with E-state index in [0.29, 0.717) is 11.4 Å². The number of para-hydroxylation sites is 2. The second-order valence-corrected chi connectivity index (χ2v) is 13.0. The number of hydrogen-bond donors (Lipinski definition) is 1. The van der Waals surface area contributed by atoms with Crippen LogP contribution in [-0.2, 0) is 0 Å². The van der Waals surface area contributed by atoms with Gasteiger partial charge >= 0.3 is 0 Å². The van der Waals surface area contributed by atoms with Crippen LogP contribution in [0.1, 0.15) is 5.56 Å². The van der Waals surface area contributed by atoms with Crippen molar-refractivity contribution in [3.05, 3.63) is 194 Å². The molecule has 2 aromatic heterocycles. The molecule has 54 heavy (non-hydrogen) atoms. The van der Waals surface area contributed by atoms with Crippen LogP contribution in [0.5, 0.6) is 0 Å². The number of anilines is 3. The molecule has 2 heterocycles. The maximum atomic E-state index is 8.17. The summed E-state index contributed by atoms with van der Waals surface area (Å²) in [4.78, 5) is 14.9. The Kier molecular flexibility index (Phi) is 8.38. The minimum atomic E-state index is 0.140. The number of hydrogen-bond acceptors (Lipinski definition) is 4. The molecule has 0 bridgehead atoms. The van der Waals surface area contributed by atoms with Crippen molar-refractivity contribution in [3.63, 3.8) is 0 Å². The summed E-state index contributed by atoms with van der Waals surface area (Å²) >= 11 is 0. The maximum Gasteiger partial charge on any atom is 0.159 e. The van der Waals surface area contributed by atoms with Crippen LogP contribution in [0.25, 0.3) is 61.1 Å². The first kappa shape index (κ1) is 32.5. The van der Waals surface area contributed by atoms with Crippen molar-refractivity contribution >= 4 is 51.4 Å². The van der Waals surface area contributed by atoms with Crippen molar-refractivity contribution in [1.82, 2.24) is 14.5 Å². The molecule has 6 nitrogen and oxygen atoms in total. The highest BCUT2D eigenvalue weighted by molar-refractivity contribution is 6.15. The molecule has 0 saturated heterocycles. The van der Waals surface area contributed by atoms with Crippen LogP contribution in [0.2, 0.25) is 0 Å². The van der Waals surface area contributed by atoms with Crippen molar-refractivity contribution in [2.45, 2.75) is 0 Å². The standard InChI is InChI=1S/C48H34N6/c1-50-47(49)35-19-25-40(26-20-35)53(41-27-21-36(22-28-41)48-51-29-10-30-52-48)39-23-17-34(18-24-39)43-31-37(33-11-4-2-5-12-33)32-44-42-15-8-9-16-45(42)54(46(43)44)38-13-6-3-7-14-38/h2-32,49H,1H2. The Bertz CT molecular complexity index is 2760. The summed E-state index contributed by atoms with van der Waals surface area (Å²) in [5.74, 6) is 0.818. The zero-order chi connectivity index (χ0) is 36.4. The molecule has 0 radical (unpaired) electrons. The van der Waals surface area contributed by atoms with Gasteiger partial charge in [0.15, 0.2) is 11.7 Å². The number of fused-ring (bicyclic) bond motifs is 3. The molecule has 0 aliphatic rings. The van der Waals surface area contributed by atoms with Crippen LogP contribution in [0, 0.1) is 5.41 Å². The number of nitrogens with one attached hydrogen (secondary N) is 1. The van der Waals surface area contributed by atoms with Crippen LogP contribution in [0.3, 0.4) is 0 Å². The average Bonchev–Trinajstić information content (AvgIpc) is 3.59. The lowest BCUT2D eigenvalue weighted by Gasteiger charge is -2.26. The van der Waals surface area contributed by atoms with Crippen LogP contribution >= 0.6 is 0 Å². The van der Waals surface area contributed by atoms with Gasteiger partial charge in [-0.15, -0.1) is 0 Å². The fourth-order valence-corrected chi connectivity index (χ4v) is 7.26. The summed E-state index contributed by atoms with van der Waals surface area (Å²) in [5.41, 5.74) is 12.6. The fourth-order valence-electron chi connectivity index (χ4n) is 7.26. The normalized spacial score (nSPS) is 11.1. The van der Waals surface area contributed by atoms with Gasteiger partial charge in [0.1, 0.15) is 0 Å². The van der Waals surface area contributed by atoms with E-state index in [0.717, 1.165) is 39.4 Å². The molecule has 0 aliphatic heterocycles. The van der Waals surface area contributed by atoms with Gasteiger partial charge in [-0.25, -0.2) is 15.0 Å². The minimum Gasteiger partial charge on any atom is -0.311 e. The molecule has 1 N–H and O–H groups in total. The monoisotopic (exact) mass is 694 g/mol. The highest BCUT2D eigenvalue weighted by Gasteiger charge is 2.20. The van der Waals surface area contributed by atoms with Gasteiger partial charge < -0.3 is 9.47 Å². The van der Waals surface area contributed by atoms with E-state index in [4.69, 9.17) is 5.41 Å². The molecular weight excluding hydrogens is 661 g/mol. The third kappa shape index (κ3) is 5.91. The average molecular weight is 695 g/mol. The van der Waals surface area contributed by atoms with Crippen LogP contribution in [0.15, 0.2) is 193 Å². The molecule has 256 valence electrons. The number of nitrogens with zero attached hydrogens (tertiary/aromatic N) is 5. The van der Waals surface area contributed by atoms with Crippen molar-refractivity contribution in [3.8, 4) is 39.3 Å². The molecule has 9 rings (SSSR count). The zero-order valence-corrected chi connectivity index (χ0v) is 29.3. The molecule has 0 spiro atoms. The topological polar surface area (TPSA) is 70.2 Å². The Balaban J connectivity index is 1.21. The fraction of sp³-hybridized carbons (Fsp3) is 0. The number of benzene rings is 7.